The Morgan fingerprint density at radius 2 is 2.10 bits per heavy atom. The smallest absolute Gasteiger partial charge is 0.0177 e. The van der Waals surface area contributed by atoms with Crippen LogP contribution in [0.25, 0.3) is 0 Å². The Balaban J connectivity index is 1.96. The van der Waals surface area contributed by atoms with E-state index in [1.165, 1.54) is 48.7 Å². The average molecular weight is 338 g/mol. The Hall–Kier alpha value is -0.340. The Labute approximate surface area is 132 Å². The van der Waals surface area contributed by atoms with Crippen LogP contribution in [0.2, 0.25) is 0 Å². The summed E-state index contributed by atoms with van der Waals surface area (Å²) in [5.41, 5.74) is 1.49. The standard InChI is InChI=1S/C18H28BrN/c1-3-9-20-13-16-8-7-14(2)10-17(16)11-15-5-4-6-18(19)12-15/h4-6,12,14,16-17,20H,3,7-11,13H2,1-2H3. The van der Waals surface area contributed by atoms with Gasteiger partial charge >= 0.3 is 0 Å². The molecule has 2 heteroatoms. The van der Waals surface area contributed by atoms with Crippen LogP contribution in [0.3, 0.4) is 0 Å². The van der Waals surface area contributed by atoms with E-state index in [4.69, 9.17) is 0 Å². The third kappa shape index (κ3) is 4.89. The number of nitrogens with one attached hydrogen (secondary N) is 1. The van der Waals surface area contributed by atoms with Crippen molar-refractivity contribution in [3.63, 3.8) is 0 Å². The molecule has 3 unspecified atom stereocenters. The molecule has 0 aliphatic heterocycles. The largest absolute Gasteiger partial charge is 0.316 e. The molecule has 0 amide bonds. The number of rotatable bonds is 6. The second-order valence-corrected chi connectivity index (χ2v) is 7.39. The van der Waals surface area contributed by atoms with Crippen molar-refractivity contribution in [1.29, 1.82) is 0 Å². The normalized spacial score (nSPS) is 26.6. The molecule has 112 valence electrons. The van der Waals surface area contributed by atoms with Crippen molar-refractivity contribution in [3.05, 3.63) is 34.3 Å². The summed E-state index contributed by atoms with van der Waals surface area (Å²) in [5, 5.41) is 3.64. The highest BCUT2D eigenvalue weighted by Gasteiger charge is 2.28. The number of hydrogen-bond acceptors (Lipinski definition) is 1. The van der Waals surface area contributed by atoms with Crippen LogP contribution >= 0.6 is 15.9 Å². The van der Waals surface area contributed by atoms with E-state index in [0.29, 0.717) is 0 Å². The van der Waals surface area contributed by atoms with Crippen LogP contribution in [0.1, 0.15) is 45.1 Å². The highest BCUT2D eigenvalue weighted by Crippen LogP contribution is 2.35. The Kier molecular flexibility index (Phi) is 6.57. The van der Waals surface area contributed by atoms with Crippen LogP contribution in [-0.4, -0.2) is 13.1 Å². The van der Waals surface area contributed by atoms with Gasteiger partial charge in [0.1, 0.15) is 0 Å². The van der Waals surface area contributed by atoms with Crippen molar-refractivity contribution >= 4 is 15.9 Å². The molecular weight excluding hydrogens is 310 g/mol. The summed E-state index contributed by atoms with van der Waals surface area (Å²) in [5.74, 6) is 2.60. The molecule has 0 bridgehead atoms. The van der Waals surface area contributed by atoms with Crippen molar-refractivity contribution in [2.24, 2.45) is 17.8 Å². The van der Waals surface area contributed by atoms with Gasteiger partial charge in [0.05, 0.1) is 0 Å². The van der Waals surface area contributed by atoms with Gasteiger partial charge in [-0.25, -0.2) is 0 Å². The summed E-state index contributed by atoms with van der Waals surface area (Å²) in [4.78, 5) is 0. The van der Waals surface area contributed by atoms with Gasteiger partial charge in [-0.15, -0.1) is 0 Å². The Morgan fingerprint density at radius 3 is 2.85 bits per heavy atom. The summed E-state index contributed by atoms with van der Waals surface area (Å²) in [7, 11) is 0. The molecule has 1 N–H and O–H groups in total. The fourth-order valence-electron chi connectivity index (χ4n) is 3.51. The lowest BCUT2D eigenvalue weighted by molar-refractivity contribution is 0.184. The van der Waals surface area contributed by atoms with E-state index in [0.717, 1.165) is 24.3 Å². The van der Waals surface area contributed by atoms with E-state index in [1.54, 1.807) is 0 Å². The van der Waals surface area contributed by atoms with E-state index in [1.807, 2.05) is 0 Å². The van der Waals surface area contributed by atoms with Crippen molar-refractivity contribution in [1.82, 2.24) is 5.32 Å². The molecule has 3 atom stereocenters. The number of halogens is 1. The second kappa shape index (κ2) is 8.19. The highest BCUT2D eigenvalue weighted by atomic mass is 79.9. The van der Waals surface area contributed by atoms with E-state index in [9.17, 15) is 0 Å². The van der Waals surface area contributed by atoms with Gasteiger partial charge in [-0.1, -0.05) is 48.3 Å². The predicted molar refractivity (Wildman–Crippen MR) is 91.0 cm³/mol. The number of hydrogen-bond donors (Lipinski definition) is 1. The molecule has 1 nitrogen and oxygen atoms in total. The van der Waals surface area contributed by atoms with Crippen LogP contribution in [0.5, 0.6) is 0 Å². The molecule has 0 radical (unpaired) electrons. The molecule has 2 rings (SSSR count). The first-order valence-electron chi connectivity index (χ1n) is 8.14. The maximum Gasteiger partial charge on any atom is 0.0177 e. The molecule has 1 aliphatic rings. The van der Waals surface area contributed by atoms with Crippen molar-refractivity contribution < 1.29 is 0 Å². The summed E-state index contributed by atoms with van der Waals surface area (Å²) >= 11 is 3.59. The summed E-state index contributed by atoms with van der Waals surface area (Å²) < 4.78 is 1.21. The lowest BCUT2D eigenvalue weighted by Gasteiger charge is -2.35. The van der Waals surface area contributed by atoms with Gasteiger partial charge in [-0.05, 0) is 74.2 Å². The summed E-state index contributed by atoms with van der Waals surface area (Å²) in [6.07, 6.45) is 6.68. The lowest BCUT2D eigenvalue weighted by Crippen LogP contribution is -2.34. The molecule has 1 saturated carbocycles. The molecule has 1 fully saturated rings. The van der Waals surface area contributed by atoms with Gasteiger partial charge in [0.15, 0.2) is 0 Å². The molecule has 0 saturated heterocycles. The molecule has 20 heavy (non-hydrogen) atoms. The zero-order chi connectivity index (χ0) is 14.4. The monoisotopic (exact) mass is 337 g/mol. The first kappa shape index (κ1) is 16.0. The molecule has 0 heterocycles. The van der Waals surface area contributed by atoms with Crippen LogP contribution in [0.15, 0.2) is 28.7 Å². The van der Waals surface area contributed by atoms with Crippen molar-refractivity contribution in [3.8, 4) is 0 Å². The summed E-state index contributed by atoms with van der Waals surface area (Å²) in [6, 6.07) is 8.85. The lowest BCUT2D eigenvalue weighted by atomic mass is 9.72. The number of benzene rings is 1. The van der Waals surface area contributed by atoms with Crippen LogP contribution in [-0.2, 0) is 6.42 Å². The van der Waals surface area contributed by atoms with Gasteiger partial charge in [0, 0.05) is 4.47 Å². The van der Waals surface area contributed by atoms with E-state index < -0.39 is 0 Å². The first-order chi connectivity index (χ1) is 9.69. The molecule has 0 spiro atoms. The molecule has 1 aromatic carbocycles. The van der Waals surface area contributed by atoms with Gasteiger partial charge < -0.3 is 5.32 Å². The Morgan fingerprint density at radius 1 is 1.25 bits per heavy atom. The fraction of sp³-hybridized carbons (Fsp3) is 0.667. The quantitative estimate of drug-likeness (QED) is 0.716. The minimum Gasteiger partial charge on any atom is -0.316 e. The van der Waals surface area contributed by atoms with Gasteiger partial charge in [-0.2, -0.15) is 0 Å². The summed E-state index contributed by atoms with van der Waals surface area (Å²) in [6.45, 7) is 7.04. The van der Waals surface area contributed by atoms with Crippen molar-refractivity contribution in [2.75, 3.05) is 13.1 Å². The van der Waals surface area contributed by atoms with Gasteiger partial charge in [0.2, 0.25) is 0 Å². The van der Waals surface area contributed by atoms with E-state index in [2.05, 4.69) is 59.4 Å². The minimum absolute atomic E-state index is 0.845. The molecular formula is C18H28BrN. The third-order valence-corrected chi connectivity index (χ3v) is 5.12. The molecule has 1 aromatic rings. The topological polar surface area (TPSA) is 12.0 Å². The van der Waals surface area contributed by atoms with Crippen LogP contribution in [0, 0.1) is 17.8 Å². The average Bonchev–Trinajstić information content (AvgIpc) is 2.41. The Bertz CT molecular complexity index is 404. The maximum absolute atomic E-state index is 3.64. The van der Waals surface area contributed by atoms with Crippen molar-refractivity contribution in [2.45, 2.75) is 46.0 Å². The third-order valence-electron chi connectivity index (χ3n) is 4.62. The fourth-order valence-corrected chi connectivity index (χ4v) is 3.96. The van der Waals surface area contributed by atoms with Gasteiger partial charge in [0.25, 0.3) is 0 Å². The van der Waals surface area contributed by atoms with Crippen LogP contribution < -0.4 is 5.32 Å². The zero-order valence-electron chi connectivity index (χ0n) is 12.9. The maximum atomic E-state index is 3.64. The van der Waals surface area contributed by atoms with E-state index in [-0.39, 0.29) is 0 Å². The van der Waals surface area contributed by atoms with Crippen LogP contribution in [0.4, 0.5) is 0 Å². The highest BCUT2D eigenvalue weighted by molar-refractivity contribution is 9.10. The minimum atomic E-state index is 0.845. The SMILES string of the molecule is CCCNCC1CCC(C)CC1Cc1cccc(Br)c1. The first-order valence-corrected chi connectivity index (χ1v) is 8.93. The predicted octanol–water partition coefficient (Wildman–Crippen LogP) is 5.04. The van der Waals surface area contributed by atoms with Gasteiger partial charge in [-0.3, -0.25) is 0 Å². The zero-order valence-corrected chi connectivity index (χ0v) is 14.5. The molecule has 1 aliphatic carbocycles. The van der Waals surface area contributed by atoms with E-state index >= 15 is 0 Å². The second-order valence-electron chi connectivity index (χ2n) is 6.48. The molecule has 0 aromatic heterocycles.